The Morgan fingerprint density at radius 3 is 2.77 bits per heavy atom. The number of amides is 1. The zero-order valence-corrected chi connectivity index (χ0v) is 17.2. The van der Waals surface area contributed by atoms with E-state index in [0.717, 1.165) is 37.1 Å². The average Bonchev–Trinajstić information content (AvgIpc) is 3.51. The van der Waals surface area contributed by atoms with Crippen molar-refractivity contribution >= 4 is 34.8 Å². The largest absolute Gasteiger partial charge is 0.323 e. The van der Waals surface area contributed by atoms with Crippen LogP contribution in [0.15, 0.2) is 37.1 Å². The van der Waals surface area contributed by atoms with Gasteiger partial charge in [0.1, 0.15) is 0 Å². The quantitative estimate of drug-likeness (QED) is 0.655. The van der Waals surface area contributed by atoms with Crippen molar-refractivity contribution in [1.29, 1.82) is 0 Å². The number of anilines is 3. The van der Waals surface area contributed by atoms with Crippen LogP contribution < -0.4 is 10.2 Å². The highest BCUT2D eigenvalue weighted by Crippen LogP contribution is 2.32. The molecule has 2 fully saturated rings. The number of hydrogen-bond acceptors (Lipinski definition) is 6. The van der Waals surface area contributed by atoms with Gasteiger partial charge in [-0.3, -0.25) is 14.5 Å². The molecule has 30 heavy (non-hydrogen) atoms. The number of nitrogens with one attached hydrogen (secondary N) is 1. The molecule has 1 amide bonds. The summed E-state index contributed by atoms with van der Waals surface area (Å²) in [6.45, 7) is 0.719. The number of pyridine rings is 1. The van der Waals surface area contributed by atoms with Gasteiger partial charge in [-0.25, -0.2) is 9.97 Å². The first-order chi connectivity index (χ1) is 14.7. The minimum absolute atomic E-state index is 0.123. The molecular formula is C21H22ClN7O. The van der Waals surface area contributed by atoms with E-state index in [4.69, 9.17) is 11.6 Å². The predicted molar refractivity (Wildman–Crippen MR) is 115 cm³/mol. The molecule has 0 bridgehead atoms. The Labute approximate surface area is 179 Å². The van der Waals surface area contributed by atoms with Crippen LogP contribution in [0.1, 0.15) is 44.6 Å². The molecule has 3 aromatic rings. The van der Waals surface area contributed by atoms with Crippen LogP contribution >= 0.6 is 11.6 Å². The maximum atomic E-state index is 12.0. The molecule has 4 heterocycles. The summed E-state index contributed by atoms with van der Waals surface area (Å²) in [6.07, 6.45) is 15.0. The molecule has 1 saturated carbocycles. The highest BCUT2D eigenvalue weighted by atomic mass is 35.5. The Balaban J connectivity index is 1.38. The smallest absolute Gasteiger partial charge is 0.227 e. The molecule has 1 aliphatic carbocycles. The summed E-state index contributed by atoms with van der Waals surface area (Å²) < 4.78 is 2.02. The molecule has 2 aliphatic rings. The molecule has 8 nitrogen and oxygen atoms in total. The first-order valence-electron chi connectivity index (χ1n) is 10.3. The van der Waals surface area contributed by atoms with E-state index in [9.17, 15) is 4.79 Å². The topological polar surface area (TPSA) is 88.8 Å². The predicted octanol–water partition coefficient (Wildman–Crippen LogP) is 4.37. The lowest BCUT2D eigenvalue weighted by Crippen LogP contribution is -2.23. The molecule has 0 aromatic carbocycles. The van der Waals surface area contributed by atoms with Gasteiger partial charge in [0, 0.05) is 24.7 Å². The average molecular weight is 424 g/mol. The third kappa shape index (κ3) is 3.75. The zero-order valence-electron chi connectivity index (χ0n) is 16.5. The normalized spacial score (nSPS) is 17.1. The number of carbonyl (C=O) groups is 1. The SMILES string of the molecule is O=C1CCCN1c1cncc(Nc2ncc(Cl)c(-c3cnn(C4CCCC4)c3)n2)c1. The van der Waals surface area contributed by atoms with E-state index >= 15 is 0 Å². The summed E-state index contributed by atoms with van der Waals surface area (Å²) >= 11 is 6.38. The summed E-state index contributed by atoms with van der Waals surface area (Å²) in [5, 5.41) is 8.17. The van der Waals surface area contributed by atoms with Crippen molar-refractivity contribution in [2.75, 3.05) is 16.8 Å². The number of nitrogens with zero attached hydrogens (tertiary/aromatic N) is 6. The van der Waals surface area contributed by atoms with Crippen LogP contribution in [-0.4, -0.2) is 37.2 Å². The highest BCUT2D eigenvalue weighted by molar-refractivity contribution is 6.32. The number of halogens is 1. The Morgan fingerprint density at radius 1 is 1.10 bits per heavy atom. The first kappa shape index (κ1) is 19.0. The maximum absolute atomic E-state index is 12.0. The van der Waals surface area contributed by atoms with Crippen LogP contribution in [0, 0.1) is 0 Å². The Bertz CT molecular complexity index is 1080. The van der Waals surface area contributed by atoms with E-state index in [1.807, 2.05) is 16.9 Å². The van der Waals surface area contributed by atoms with Crippen LogP contribution in [0.5, 0.6) is 0 Å². The summed E-state index contributed by atoms with van der Waals surface area (Å²) in [5.41, 5.74) is 2.99. The van der Waals surface area contributed by atoms with E-state index in [-0.39, 0.29) is 5.91 Å². The van der Waals surface area contributed by atoms with Crippen molar-refractivity contribution in [3.63, 3.8) is 0 Å². The van der Waals surface area contributed by atoms with Crippen molar-refractivity contribution in [2.24, 2.45) is 0 Å². The second kappa shape index (κ2) is 8.02. The second-order valence-corrected chi connectivity index (χ2v) is 8.15. The third-order valence-corrected chi connectivity index (χ3v) is 5.96. The second-order valence-electron chi connectivity index (χ2n) is 7.74. The number of hydrogen-bond donors (Lipinski definition) is 1. The van der Waals surface area contributed by atoms with Gasteiger partial charge in [0.05, 0.1) is 52.9 Å². The fourth-order valence-corrected chi connectivity index (χ4v) is 4.35. The minimum atomic E-state index is 0.123. The molecule has 0 radical (unpaired) electrons. The summed E-state index contributed by atoms with van der Waals surface area (Å²) in [6, 6.07) is 2.34. The van der Waals surface area contributed by atoms with Crippen LogP contribution in [0.2, 0.25) is 5.02 Å². The van der Waals surface area contributed by atoms with Crippen molar-refractivity contribution < 1.29 is 4.79 Å². The van der Waals surface area contributed by atoms with Crippen LogP contribution in [0.4, 0.5) is 17.3 Å². The Kier molecular flexibility index (Phi) is 5.08. The van der Waals surface area contributed by atoms with E-state index in [1.165, 1.54) is 12.8 Å². The van der Waals surface area contributed by atoms with E-state index < -0.39 is 0 Å². The van der Waals surface area contributed by atoms with Gasteiger partial charge in [-0.15, -0.1) is 0 Å². The molecule has 0 atom stereocenters. The Morgan fingerprint density at radius 2 is 1.97 bits per heavy atom. The van der Waals surface area contributed by atoms with Gasteiger partial charge >= 0.3 is 0 Å². The summed E-state index contributed by atoms with van der Waals surface area (Å²) in [7, 11) is 0. The number of carbonyl (C=O) groups excluding carboxylic acids is 1. The molecule has 5 rings (SSSR count). The summed E-state index contributed by atoms with van der Waals surface area (Å²) in [4.78, 5) is 26.9. The van der Waals surface area contributed by atoms with Crippen molar-refractivity contribution in [3.05, 3.63) is 42.1 Å². The van der Waals surface area contributed by atoms with E-state index in [1.54, 1.807) is 29.7 Å². The van der Waals surface area contributed by atoms with Gasteiger partial charge in [-0.2, -0.15) is 5.10 Å². The summed E-state index contributed by atoms with van der Waals surface area (Å²) in [5.74, 6) is 0.535. The molecule has 0 unspecified atom stereocenters. The van der Waals surface area contributed by atoms with Crippen LogP contribution in [0.25, 0.3) is 11.3 Å². The van der Waals surface area contributed by atoms with Crippen molar-refractivity contribution in [3.8, 4) is 11.3 Å². The zero-order chi connectivity index (χ0) is 20.5. The molecular weight excluding hydrogens is 402 g/mol. The standard InChI is InChI=1S/C21H22ClN7O/c22-18-12-24-21(26-15-8-17(11-23-10-15)28-7-3-6-19(28)30)27-20(18)14-9-25-29(13-14)16-4-1-2-5-16/h8-13,16H,1-7H2,(H,24,26,27). The molecule has 1 aliphatic heterocycles. The van der Waals surface area contributed by atoms with Gasteiger partial charge in [0.25, 0.3) is 0 Å². The molecule has 3 aromatic heterocycles. The maximum Gasteiger partial charge on any atom is 0.227 e. The minimum Gasteiger partial charge on any atom is -0.323 e. The van der Waals surface area contributed by atoms with Gasteiger partial charge in [0.2, 0.25) is 11.9 Å². The lowest BCUT2D eigenvalue weighted by molar-refractivity contribution is -0.117. The fraction of sp³-hybridized carbons (Fsp3) is 0.381. The fourth-order valence-electron chi connectivity index (χ4n) is 4.15. The van der Waals surface area contributed by atoms with Gasteiger partial charge < -0.3 is 10.2 Å². The van der Waals surface area contributed by atoms with Gasteiger partial charge in [-0.05, 0) is 25.3 Å². The van der Waals surface area contributed by atoms with E-state index in [0.29, 0.717) is 34.8 Å². The number of aromatic nitrogens is 5. The van der Waals surface area contributed by atoms with Gasteiger partial charge in [-0.1, -0.05) is 24.4 Å². The van der Waals surface area contributed by atoms with Crippen molar-refractivity contribution in [2.45, 2.75) is 44.6 Å². The van der Waals surface area contributed by atoms with Crippen LogP contribution in [0.3, 0.4) is 0 Å². The first-order valence-corrected chi connectivity index (χ1v) is 10.6. The van der Waals surface area contributed by atoms with Gasteiger partial charge in [0.15, 0.2) is 0 Å². The number of rotatable bonds is 5. The lowest BCUT2D eigenvalue weighted by Gasteiger charge is -2.16. The Hall–Kier alpha value is -3.00. The van der Waals surface area contributed by atoms with Crippen molar-refractivity contribution in [1.82, 2.24) is 24.7 Å². The molecule has 0 spiro atoms. The van der Waals surface area contributed by atoms with Crippen LogP contribution in [-0.2, 0) is 4.79 Å². The third-order valence-electron chi connectivity index (χ3n) is 5.68. The molecule has 1 N–H and O–H groups in total. The highest BCUT2D eigenvalue weighted by Gasteiger charge is 2.22. The lowest BCUT2D eigenvalue weighted by atomic mass is 10.2. The molecule has 1 saturated heterocycles. The monoisotopic (exact) mass is 423 g/mol. The van der Waals surface area contributed by atoms with E-state index in [2.05, 4.69) is 25.4 Å². The molecule has 154 valence electrons. The molecule has 9 heteroatoms.